The second-order valence-corrected chi connectivity index (χ2v) is 5.01. The maximum Gasteiger partial charge on any atom is 0.161 e. The zero-order chi connectivity index (χ0) is 14.0. The van der Waals surface area contributed by atoms with Crippen LogP contribution in [0.25, 0.3) is 0 Å². The van der Waals surface area contributed by atoms with Crippen molar-refractivity contribution in [3.8, 4) is 0 Å². The lowest BCUT2D eigenvalue weighted by molar-refractivity contribution is 0.101. The number of carbonyl (C=O) groups is 1. The minimum atomic E-state index is -0.0218. The Morgan fingerprint density at radius 3 is 2.74 bits per heavy atom. The summed E-state index contributed by atoms with van der Waals surface area (Å²) in [5.74, 6) is -0.0218. The Kier molecular flexibility index (Phi) is 3.90. The van der Waals surface area contributed by atoms with Gasteiger partial charge in [0, 0.05) is 43.7 Å². The van der Waals surface area contributed by atoms with Crippen molar-refractivity contribution in [3.05, 3.63) is 46.7 Å². The quantitative estimate of drug-likeness (QED) is 0.807. The van der Waals surface area contributed by atoms with Crippen molar-refractivity contribution in [1.29, 1.82) is 0 Å². The van der Waals surface area contributed by atoms with Crippen molar-refractivity contribution in [2.75, 3.05) is 11.9 Å². The average molecular weight is 278 g/mol. The van der Waals surface area contributed by atoms with Gasteiger partial charge < -0.3 is 4.90 Å². The molecule has 0 saturated heterocycles. The molecule has 0 unspecified atom stereocenters. The summed E-state index contributed by atoms with van der Waals surface area (Å²) < 4.78 is 1.77. The molecule has 0 radical (unpaired) electrons. The summed E-state index contributed by atoms with van der Waals surface area (Å²) in [5.41, 5.74) is 2.65. The third-order valence-electron chi connectivity index (χ3n) is 2.95. The lowest BCUT2D eigenvalue weighted by Crippen LogP contribution is -2.16. The van der Waals surface area contributed by atoms with Crippen LogP contribution in [-0.2, 0) is 13.6 Å². The lowest BCUT2D eigenvalue weighted by atomic mass is 10.1. The van der Waals surface area contributed by atoms with Gasteiger partial charge in [-0.25, -0.2) is 0 Å². The van der Waals surface area contributed by atoms with Gasteiger partial charge in [-0.2, -0.15) is 5.10 Å². The molecule has 5 heteroatoms. The van der Waals surface area contributed by atoms with Gasteiger partial charge in [0.1, 0.15) is 0 Å². The zero-order valence-electron chi connectivity index (χ0n) is 11.2. The smallest absolute Gasteiger partial charge is 0.161 e. The number of Topliss-reactive ketones (excluding diaryl/α,β-unsaturated/α-hetero) is 1. The molecule has 1 aromatic heterocycles. The van der Waals surface area contributed by atoms with Crippen molar-refractivity contribution in [1.82, 2.24) is 9.78 Å². The van der Waals surface area contributed by atoms with Gasteiger partial charge in [-0.15, -0.1) is 0 Å². The summed E-state index contributed by atoms with van der Waals surface area (Å²) in [6.07, 6.45) is 3.81. The first kappa shape index (κ1) is 13.6. The van der Waals surface area contributed by atoms with Crippen molar-refractivity contribution < 1.29 is 4.79 Å². The highest BCUT2D eigenvalue weighted by atomic mass is 35.5. The predicted molar refractivity (Wildman–Crippen MR) is 76.8 cm³/mol. The number of aryl methyl sites for hydroxylation is 1. The zero-order valence-corrected chi connectivity index (χ0v) is 12.0. The molecule has 0 atom stereocenters. The van der Waals surface area contributed by atoms with E-state index >= 15 is 0 Å². The van der Waals surface area contributed by atoms with Crippen LogP contribution in [0.2, 0.25) is 5.02 Å². The van der Waals surface area contributed by atoms with E-state index in [1.165, 1.54) is 6.92 Å². The number of halogens is 1. The van der Waals surface area contributed by atoms with E-state index in [0.717, 1.165) is 17.8 Å². The van der Waals surface area contributed by atoms with Crippen LogP contribution in [-0.4, -0.2) is 22.6 Å². The summed E-state index contributed by atoms with van der Waals surface area (Å²) in [5, 5.41) is 4.63. The third-order valence-corrected chi connectivity index (χ3v) is 3.26. The third kappa shape index (κ3) is 3.15. The molecule has 0 spiro atoms. The van der Waals surface area contributed by atoms with Gasteiger partial charge in [0.15, 0.2) is 5.78 Å². The lowest BCUT2D eigenvalue weighted by Gasteiger charge is -2.19. The molecule has 0 bridgehead atoms. The topological polar surface area (TPSA) is 38.1 Å². The standard InChI is InChI=1S/C14H16ClN3O/c1-10(19)13-5-4-12(6-14(13)15)17(2)8-11-7-16-18(3)9-11/h4-7,9H,8H2,1-3H3. The van der Waals surface area contributed by atoms with Gasteiger partial charge in [-0.05, 0) is 25.1 Å². The Morgan fingerprint density at radius 1 is 1.47 bits per heavy atom. The van der Waals surface area contributed by atoms with E-state index < -0.39 is 0 Å². The second kappa shape index (κ2) is 5.45. The number of carbonyl (C=O) groups excluding carboxylic acids is 1. The van der Waals surface area contributed by atoms with E-state index in [4.69, 9.17) is 11.6 Å². The fourth-order valence-corrected chi connectivity index (χ4v) is 2.25. The molecule has 1 heterocycles. The highest BCUT2D eigenvalue weighted by Gasteiger charge is 2.09. The summed E-state index contributed by atoms with van der Waals surface area (Å²) in [6.45, 7) is 2.25. The minimum Gasteiger partial charge on any atom is -0.370 e. The molecule has 2 aromatic rings. The highest BCUT2D eigenvalue weighted by Crippen LogP contribution is 2.24. The number of benzene rings is 1. The predicted octanol–water partition coefficient (Wildman–Crippen LogP) is 2.91. The normalized spacial score (nSPS) is 10.5. The number of hydrogen-bond donors (Lipinski definition) is 0. The molecule has 0 aliphatic carbocycles. The van der Waals surface area contributed by atoms with E-state index in [-0.39, 0.29) is 5.78 Å². The van der Waals surface area contributed by atoms with Crippen LogP contribution in [0, 0.1) is 0 Å². The van der Waals surface area contributed by atoms with Gasteiger partial charge in [-0.1, -0.05) is 11.6 Å². The summed E-state index contributed by atoms with van der Waals surface area (Å²) in [7, 11) is 3.87. The number of rotatable bonds is 4. The molecule has 0 aliphatic heterocycles. The largest absolute Gasteiger partial charge is 0.370 e. The van der Waals surface area contributed by atoms with E-state index in [9.17, 15) is 4.79 Å². The van der Waals surface area contributed by atoms with Crippen LogP contribution < -0.4 is 4.90 Å². The van der Waals surface area contributed by atoms with E-state index in [2.05, 4.69) is 10.00 Å². The van der Waals surface area contributed by atoms with Crippen molar-refractivity contribution in [2.24, 2.45) is 7.05 Å². The fraction of sp³-hybridized carbons (Fsp3) is 0.286. The first-order valence-electron chi connectivity index (χ1n) is 5.96. The first-order valence-corrected chi connectivity index (χ1v) is 6.34. The van der Waals surface area contributed by atoms with E-state index in [1.54, 1.807) is 10.7 Å². The van der Waals surface area contributed by atoms with E-state index in [1.807, 2.05) is 38.6 Å². The van der Waals surface area contributed by atoms with Crippen LogP contribution in [0.4, 0.5) is 5.69 Å². The van der Waals surface area contributed by atoms with Crippen LogP contribution in [0.1, 0.15) is 22.8 Å². The number of hydrogen-bond acceptors (Lipinski definition) is 3. The van der Waals surface area contributed by atoms with Crippen LogP contribution in [0.15, 0.2) is 30.6 Å². The Hall–Kier alpha value is -1.81. The summed E-state index contributed by atoms with van der Waals surface area (Å²) in [6, 6.07) is 5.48. The summed E-state index contributed by atoms with van der Waals surface area (Å²) >= 11 is 6.11. The van der Waals surface area contributed by atoms with Crippen molar-refractivity contribution >= 4 is 23.1 Å². The van der Waals surface area contributed by atoms with Gasteiger partial charge in [0.25, 0.3) is 0 Å². The molecule has 1 aromatic carbocycles. The molecular weight excluding hydrogens is 262 g/mol. The van der Waals surface area contributed by atoms with Gasteiger partial charge in [0.2, 0.25) is 0 Å². The maximum absolute atomic E-state index is 11.3. The monoisotopic (exact) mass is 277 g/mol. The Morgan fingerprint density at radius 2 is 2.21 bits per heavy atom. The average Bonchev–Trinajstić information content (AvgIpc) is 2.74. The van der Waals surface area contributed by atoms with Gasteiger partial charge in [-0.3, -0.25) is 9.48 Å². The molecule has 0 aliphatic rings. The van der Waals surface area contributed by atoms with Crippen LogP contribution in [0.5, 0.6) is 0 Å². The highest BCUT2D eigenvalue weighted by molar-refractivity contribution is 6.34. The minimum absolute atomic E-state index is 0.0218. The molecule has 0 amide bonds. The number of anilines is 1. The number of aromatic nitrogens is 2. The first-order chi connectivity index (χ1) is 8.97. The number of ketones is 1. The Labute approximate surface area is 117 Å². The maximum atomic E-state index is 11.3. The van der Waals surface area contributed by atoms with E-state index in [0.29, 0.717) is 10.6 Å². The molecule has 0 fully saturated rings. The van der Waals surface area contributed by atoms with Crippen molar-refractivity contribution in [3.63, 3.8) is 0 Å². The molecule has 0 saturated carbocycles. The molecule has 19 heavy (non-hydrogen) atoms. The molecule has 4 nitrogen and oxygen atoms in total. The second-order valence-electron chi connectivity index (χ2n) is 4.60. The van der Waals surface area contributed by atoms with Gasteiger partial charge in [0.05, 0.1) is 11.2 Å². The molecule has 100 valence electrons. The van der Waals surface area contributed by atoms with Crippen LogP contribution >= 0.6 is 11.6 Å². The van der Waals surface area contributed by atoms with Crippen molar-refractivity contribution in [2.45, 2.75) is 13.5 Å². The van der Waals surface area contributed by atoms with Crippen LogP contribution in [0.3, 0.4) is 0 Å². The number of nitrogens with zero attached hydrogens (tertiary/aromatic N) is 3. The Balaban J connectivity index is 2.17. The fourth-order valence-electron chi connectivity index (χ4n) is 1.95. The molecule has 2 rings (SSSR count). The Bertz CT molecular complexity index is 606. The molecule has 0 N–H and O–H groups in total. The molecular formula is C14H16ClN3O. The summed E-state index contributed by atoms with van der Waals surface area (Å²) in [4.78, 5) is 13.4. The van der Waals surface area contributed by atoms with Gasteiger partial charge >= 0.3 is 0 Å². The SMILES string of the molecule is CC(=O)c1ccc(N(C)Cc2cnn(C)c2)cc1Cl.